The highest BCUT2D eigenvalue weighted by atomic mass is 16.5. The number of methoxy groups -OCH3 is 1. The van der Waals surface area contributed by atoms with Crippen molar-refractivity contribution in [1.82, 2.24) is 0 Å². The number of rotatable bonds is 5. The van der Waals surface area contributed by atoms with Crippen LogP contribution in [-0.4, -0.2) is 19.0 Å². The van der Waals surface area contributed by atoms with Gasteiger partial charge in [0, 0.05) is 7.11 Å². The molecule has 1 atom stereocenters. The van der Waals surface area contributed by atoms with Gasteiger partial charge in [-0.05, 0) is 12.8 Å². The Labute approximate surface area is 62.6 Å². The maximum absolute atomic E-state index is 10.6. The number of carbonyl (C=O) groups excluding carboxylic acids is 1. The van der Waals surface area contributed by atoms with Crippen molar-refractivity contribution in [3.05, 3.63) is 0 Å². The van der Waals surface area contributed by atoms with Crippen LogP contribution in [0.2, 0.25) is 0 Å². The lowest BCUT2D eigenvalue weighted by Gasteiger charge is -2.23. The molecule has 60 valence electrons. The Morgan fingerprint density at radius 1 is 1.50 bits per heavy atom. The highest BCUT2D eigenvalue weighted by Crippen LogP contribution is 2.18. The zero-order chi connectivity index (χ0) is 8.04. The van der Waals surface area contributed by atoms with Crippen LogP contribution >= 0.6 is 0 Å². The molecule has 0 amide bonds. The van der Waals surface area contributed by atoms with Crippen molar-refractivity contribution >= 4 is 6.29 Å². The van der Waals surface area contributed by atoms with E-state index < -0.39 is 5.60 Å². The molecule has 0 saturated carbocycles. The van der Waals surface area contributed by atoms with Crippen LogP contribution in [-0.2, 0) is 9.53 Å². The summed E-state index contributed by atoms with van der Waals surface area (Å²) in [5.74, 6) is 0. The Balaban J connectivity index is 4.00. The van der Waals surface area contributed by atoms with Crippen molar-refractivity contribution in [2.45, 2.75) is 38.7 Å². The van der Waals surface area contributed by atoms with Gasteiger partial charge in [0.1, 0.15) is 5.60 Å². The fourth-order valence-corrected chi connectivity index (χ4v) is 1.04. The summed E-state index contributed by atoms with van der Waals surface area (Å²) >= 11 is 0. The lowest BCUT2D eigenvalue weighted by molar-refractivity contribution is -0.128. The number of hydrogen-bond acceptors (Lipinski definition) is 2. The van der Waals surface area contributed by atoms with Gasteiger partial charge in [-0.1, -0.05) is 20.3 Å². The molecule has 0 aliphatic heterocycles. The van der Waals surface area contributed by atoms with Gasteiger partial charge in [-0.2, -0.15) is 0 Å². The van der Waals surface area contributed by atoms with E-state index in [1.165, 1.54) is 0 Å². The molecule has 0 N–H and O–H groups in total. The van der Waals surface area contributed by atoms with E-state index in [0.29, 0.717) is 0 Å². The third-order valence-corrected chi connectivity index (χ3v) is 1.89. The first-order valence-corrected chi connectivity index (χ1v) is 3.76. The van der Waals surface area contributed by atoms with Crippen LogP contribution in [0.3, 0.4) is 0 Å². The van der Waals surface area contributed by atoms with E-state index in [4.69, 9.17) is 4.74 Å². The van der Waals surface area contributed by atoms with Crippen LogP contribution in [0.15, 0.2) is 0 Å². The minimum Gasteiger partial charge on any atom is -0.371 e. The molecule has 0 rings (SSSR count). The molecule has 2 nitrogen and oxygen atoms in total. The molecular formula is C8H16O2. The van der Waals surface area contributed by atoms with Crippen molar-refractivity contribution in [3.63, 3.8) is 0 Å². The quantitative estimate of drug-likeness (QED) is 0.550. The summed E-state index contributed by atoms with van der Waals surface area (Å²) in [5.41, 5.74) is -0.505. The molecule has 2 heteroatoms. The SMILES string of the molecule is CCCC(C=O)(CC)OC. The van der Waals surface area contributed by atoms with Crippen LogP contribution in [0.1, 0.15) is 33.1 Å². The maximum Gasteiger partial charge on any atom is 0.151 e. The number of aldehydes is 1. The molecule has 0 aromatic carbocycles. The normalized spacial score (nSPS) is 16.3. The van der Waals surface area contributed by atoms with E-state index >= 15 is 0 Å². The van der Waals surface area contributed by atoms with E-state index in [-0.39, 0.29) is 0 Å². The predicted octanol–water partition coefficient (Wildman–Crippen LogP) is 1.78. The Hall–Kier alpha value is -0.370. The van der Waals surface area contributed by atoms with Crippen LogP contribution in [0.5, 0.6) is 0 Å². The molecule has 0 bridgehead atoms. The lowest BCUT2D eigenvalue weighted by Crippen LogP contribution is -2.31. The second kappa shape index (κ2) is 4.45. The lowest BCUT2D eigenvalue weighted by atomic mass is 9.97. The second-order valence-corrected chi connectivity index (χ2v) is 2.49. The zero-order valence-corrected chi connectivity index (χ0v) is 7.02. The molecule has 0 heterocycles. The molecule has 0 radical (unpaired) electrons. The Morgan fingerprint density at radius 3 is 2.20 bits per heavy atom. The van der Waals surface area contributed by atoms with E-state index in [9.17, 15) is 4.79 Å². The van der Waals surface area contributed by atoms with Gasteiger partial charge in [0.15, 0.2) is 6.29 Å². The van der Waals surface area contributed by atoms with Gasteiger partial charge >= 0.3 is 0 Å². The highest BCUT2D eigenvalue weighted by Gasteiger charge is 2.25. The fraction of sp³-hybridized carbons (Fsp3) is 0.875. The van der Waals surface area contributed by atoms with Crippen molar-refractivity contribution < 1.29 is 9.53 Å². The van der Waals surface area contributed by atoms with Gasteiger partial charge in [-0.3, -0.25) is 0 Å². The fourth-order valence-electron chi connectivity index (χ4n) is 1.04. The van der Waals surface area contributed by atoms with Gasteiger partial charge in [0.05, 0.1) is 0 Å². The molecule has 10 heavy (non-hydrogen) atoms. The first kappa shape index (κ1) is 9.63. The van der Waals surface area contributed by atoms with Gasteiger partial charge in [0.2, 0.25) is 0 Å². The van der Waals surface area contributed by atoms with Crippen molar-refractivity contribution in [1.29, 1.82) is 0 Å². The molecular weight excluding hydrogens is 128 g/mol. The average molecular weight is 144 g/mol. The minimum absolute atomic E-state index is 0.505. The summed E-state index contributed by atoms with van der Waals surface area (Å²) in [4.78, 5) is 10.6. The van der Waals surface area contributed by atoms with Crippen LogP contribution in [0.25, 0.3) is 0 Å². The van der Waals surface area contributed by atoms with Crippen LogP contribution in [0.4, 0.5) is 0 Å². The van der Waals surface area contributed by atoms with Gasteiger partial charge in [0.25, 0.3) is 0 Å². The number of carbonyl (C=O) groups is 1. The van der Waals surface area contributed by atoms with E-state index in [1.807, 2.05) is 13.8 Å². The monoisotopic (exact) mass is 144 g/mol. The van der Waals surface area contributed by atoms with Crippen LogP contribution in [0, 0.1) is 0 Å². The van der Waals surface area contributed by atoms with Gasteiger partial charge in [-0.25, -0.2) is 0 Å². The predicted molar refractivity (Wildman–Crippen MR) is 41.0 cm³/mol. The summed E-state index contributed by atoms with van der Waals surface area (Å²) in [6.45, 7) is 4.01. The van der Waals surface area contributed by atoms with E-state index in [0.717, 1.165) is 25.5 Å². The molecule has 0 saturated heterocycles. The molecule has 1 unspecified atom stereocenters. The maximum atomic E-state index is 10.6. The third kappa shape index (κ3) is 2.10. The summed E-state index contributed by atoms with van der Waals surface area (Å²) in [7, 11) is 1.59. The summed E-state index contributed by atoms with van der Waals surface area (Å²) < 4.78 is 5.11. The average Bonchev–Trinajstić information content (AvgIpc) is 2.01. The van der Waals surface area contributed by atoms with Crippen molar-refractivity contribution in [3.8, 4) is 0 Å². The largest absolute Gasteiger partial charge is 0.371 e. The van der Waals surface area contributed by atoms with Gasteiger partial charge in [-0.15, -0.1) is 0 Å². The first-order valence-electron chi connectivity index (χ1n) is 3.76. The first-order chi connectivity index (χ1) is 4.74. The Kier molecular flexibility index (Phi) is 4.28. The van der Waals surface area contributed by atoms with Crippen LogP contribution < -0.4 is 0 Å². The molecule has 0 aromatic rings. The third-order valence-electron chi connectivity index (χ3n) is 1.89. The molecule has 0 aliphatic carbocycles. The number of ether oxygens (including phenoxy) is 1. The smallest absolute Gasteiger partial charge is 0.151 e. The summed E-state index contributed by atoms with van der Waals surface area (Å²) in [6.07, 6.45) is 3.49. The highest BCUT2D eigenvalue weighted by molar-refractivity contribution is 5.62. The standard InChI is InChI=1S/C8H16O2/c1-4-6-8(5-2,7-9)10-3/h7H,4-6H2,1-3H3. The van der Waals surface area contributed by atoms with E-state index in [2.05, 4.69) is 0 Å². The Morgan fingerprint density at radius 2 is 2.10 bits per heavy atom. The molecule has 0 fully saturated rings. The van der Waals surface area contributed by atoms with Gasteiger partial charge < -0.3 is 9.53 Å². The number of hydrogen-bond donors (Lipinski definition) is 0. The summed E-state index contributed by atoms with van der Waals surface area (Å²) in [6, 6.07) is 0. The summed E-state index contributed by atoms with van der Waals surface area (Å²) in [5, 5.41) is 0. The topological polar surface area (TPSA) is 26.3 Å². The zero-order valence-electron chi connectivity index (χ0n) is 7.02. The van der Waals surface area contributed by atoms with Crippen molar-refractivity contribution in [2.75, 3.05) is 7.11 Å². The molecule has 0 aromatic heterocycles. The molecule has 0 spiro atoms. The van der Waals surface area contributed by atoms with E-state index in [1.54, 1.807) is 7.11 Å². The second-order valence-electron chi connectivity index (χ2n) is 2.49. The molecule has 0 aliphatic rings. The Bertz CT molecular complexity index is 95.4. The minimum atomic E-state index is -0.505. The van der Waals surface area contributed by atoms with Crippen molar-refractivity contribution in [2.24, 2.45) is 0 Å².